The van der Waals surface area contributed by atoms with Crippen molar-refractivity contribution in [1.29, 1.82) is 0 Å². The summed E-state index contributed by atoms with van der Waals surface area (Å²) in [5.74, 6) is -0.124. The molecule has 0 radical (unpaired) electrons. The Morgan fingerprint density at radius 2 is 1.80 bits per heavy atom. The maximum absolute atomic E-state index is 12.3. The largest absolute Gasteiger partial charge is 0.355 e. The summed E-state index contributed by atoms with van der Waals surface area (Å²) in [6.07, 6.45) is 6.82. The average molecular weight is 281 g/mol. The summed E-state index contributed by atoms with van der Waals surface area (Å²) in [6, 6.07) is 0.293. The van der Waals surface area contributed by atoms with E-state index in [0.29, 0.717) is 25.4 Å². The third-order valence-electron chi connectivity index (χ3n) is 4.38. The minimum atomic E-state index is -0.749. The third-order valence-corrected chi connectivity index (χ3v) is 4.38. The van der Waals surface area contributed by atoms with Gasteiger partial charge in [-0.05, 0) is 52.7 Å². The zero-order chi connectivity index (χ0) is 14.6. The molecule has 2 fully saturated rings. The molecular weight excluding hydrogens is 254 g/mol. The quantitative estimate of drug-likeness (QED) is 0.538. The van der Waals surface area contributed by atoms with Crippen LogP contribution in [-0.4, -0.2) is 49.9 Å². The minimum absolute atomic E-state index is 0.0468. The lowest BCUT2D eigenvalue weighted by molar-refractivity contribution is -0.137. The Balaban J connectivity index is 1.74. The van der Waals surface area contributed by atoms with Gasteiger partial charge in [0, 0.05) is 12.6 Å². The Hall–Kier alpha value is -1.10. The highest BCUT2D eigenvalue weighted by Gasteiger charge is 2.56. The van der Waals surface area contributed by atoms with Gasteiger partial charge in [-0.15, -0.1) is 0 Å². The van der Waals surface area contributed by atoms with Gasteiger partial charge in [-0.25, -0.2) is 0 Å². The SMILES string of the molecule is CN(C)CCCNC(=O)C1(C(=O)NC2CCCC2)CC1. The molecule has 0 heterocycles. The van der Waals surface area contributed by atoms with Crippen molar-refractivity contribution >= 4 is 11.8 Å². The summed E-state index contributed by atoms with van der Waals surface area (Å²) in [7, 11) is 4.03. The van der Waals surface area contributed by atoms with Crippen molar-refractivity contribution in [3.8, 4) is 0 Å². The van der Waals surface area contributed by atoms with Gasteiger partial charge in [0.15, 0.2) is 0 Å². The molecule has 0 aromatic heterocycles. The second-order valence-electron chi connectivity index (χ2n) is 6.45. The lowest BCUT2D eigenvalue weighted by atomic mass is 10.0. The molecule has 0 bridgehead atoms. The van der Waals surface area contributed by atoms with Gasteiger partial charge in [0.2, 0.25) is 11.8 Å². The summed E-state index contributed by atoms with van der Waals surface area (Å²) in [5.41, 5.74) is -0.749. The number of carbonyl (C=O) groups is 2. The summed E-state index contributed by atoms with van der Waals surface area (Å²) in [4.78, 5) is 26.6. The standard InChI is InChI=1S/C15H27N3O2/c1-18(2)11-5-10-16-13(19)15(8-9-15)14(20)17-12-6-3-4-7-12/h12H,3-11H2,1-2H3,(H,16,19)(H,17,20). The molecule has 2 N–H and O–H groups in total. The Morgan fingerprint density at radius 3 is 2.35 bits per heavy atom. The van der Waals surface area contributed by atoms with Crippen LogP contribution < -0.4 is 10.6 Å². The van der Waals surface area contributed by atoms with Crippen molar-refractivity contribution in [2.24, 2.45) is 5.41 Å². The van der Waals surface area contributed by atoms with E-state index in [1.165, 1.54) is 12.8 Å². The lowest BCUT2D eigenvalue weighted by Crippen LogP contribution is -2.46. The minimum Gasteiger partial charge on any atom is -0.355 e. The number of carbonyl (C=O) groups excluding carboxylic acids is 2. The Kier molecular flexibility index (Phi) is 5.02. The van der Waals surface area contributed by atoms with Crippen LogP contribution in [-0.2, 0) is 9.59 Å². The summed E-state index contributed by atoms with van der Waals surface area (Å²) >= 11 is 0. The van der Waals surface area contributed by atoms with Crippen molar-refractivity contribution < 1.29 is 9.59 Å². The molecule has 0 aromatic rings. The zero-order valence-electron chi connectivity index (χ0n) is 12.7. The Labute approximate surface area is 121 Å². The van der Waals surface area contributed by atoms with Gasteiger partial charge in [-0.1, -0.05) is 12.8 Å². The first kappa shape index (κ1) is 15.3. The number of hydrogen-bond acceptors (Lipinski definition) is 3. The van der Waals surface area contributed by atoms with E-state index in [1.807, 2.05) is 14.1 Å². The van der Waals surface area contributed by atoms with E-state index in [4.69, 9.17) is 0 Å². The molecule has 0 spiro atoms. The lowest BCUT2D eigenvalue weighted by Gasteiger charge is -2.19. The molecule has 20 heavy (non-hydrogen) atoms. The van der Waals surface area contributed by atoms with Gasteiger partial charge in [0.05, 0.1) is 0 Å². The highest BCUT2D eigenvalue weighted by Crippen LogP contribution is 2.46. The van der Waals surface area contributed by atoms with Gasteiger partial charge >= 0.3 is 0 Å². The molecule has 2 rings (SSSR count). The molecule has 0 unspecified atom stereocenters. The van der Waals surface area contributed by atoms with E-state index in [1.54, 1.807) is 0 Å². The van der Waals surface area contributed by atoms with E-state index in [2.05, 4.69) is 15.5 Å². The summed E-state index contributed by atoms with van der Waals surface area (Å²) in [5, 5.41) is 5.98. The highest BCUT2D eigenvalue weighted by atomic mass is 16.2. The van der Waals surface area contributed by atoms with E-state index in [0.717, 1.165) is 25.8 Å². The van der Waals surface area contributed by atoms with Crippen molar-refractivity contribution in [3.63, 3.8) is 0 Å². The molecule has 2 saturated carbocycles. The van der Waals surface area contributed by atoms with Crippen LogP contribution in [0, 0.1) is 5.41 Å². The van der Waals surface area contributed by atoms with E-state index < -0.39 is 5.41 Å². The van der Waals surface area contributed by atoms with Crippen molar-refractivity contribution in [3.05, 3.63) is 0 Å². The van der Waals surface area contributed by atoms with Crippen LogP contribution in [0.25, 0.3) is 0 Å². The molecule has 2 amide bonds. The van der Waals surface area contributed by atoms with E-state index in [-0.39, 0.29) is 11.8 Å². The van der Waals surface area contributed by atoms with Crippen LogP contribution in [0.2, 0.25) is 0 Å². The first-order chi connectivity index (χ1) is 9.54. The summed E-state index contributed by atoms with van der Waals surface area (Å²) in [6.45, 7) is 1.59. The fourth-order valence-electron chi connectivity index (χ4n) is 2.84. The van der Waals surface area contributed by atoms with Gasteiger partial charge in [-0.3, -0.25) is 9.59 Å². The highest BCUT2D eigenvalue weighted by molar-refractivity contribution is 6.07. The van der Waals surface area contributed by atoms with Crippen molar-refractivity contribution in [1.82, 2.24) is 15.5 Å². The van der Waals surface area contributed by atoms with Crippen LogP contribution in [0.5, 0.6) is 0 Å². The normalized spacial score (nSPS) is 20.9. The number of hydrogen-bond donors (Lipinski definition) is 2. The monoisotopic (exact) mass is 281 g/mol. The third kappa shape index (κ3) is 3.72. The molecule has 114 valence electrons. The number of nitrogens with one attached hydrogen (secondary N) is 2. The topological polar surface area (TPSA) is 61.4 Å². The van der Waals surface area contributed by atoms with Crippen LogP contribution in [0.3, 0.4) is 0 Å². The smallest absolute Gasteiger partial charge is 0.235 e. The molecule has 0 aromatic carbocycles. The first-order valence-corrected chi connectivity index (χ1v) is 7.78. The predicted octanol–water partition coefficient (Wildman–Crippen LogP) is 0.893. The zero-order valence-corrected chi connectivity index (χ0v) is 12.7. The molecule has 5 nitrogen and oxygen atoms in total. The molecule has 2 aliphatic carbocycles. The van der Waals surface area contributed by atoms with Crippen LogP contribution in [0.15, 0.2) is 0 Å². The van der Waals surface area contributed by atoms with Crippen molar-refractivity contribution in [2.45, 2.75) is 51.0 Å². The van der Waals surface area contributed by atoms with Crippen molar-refractivity contribution in [2.75, 3.05) is 27.2 Å². The molecule has 0 atom stereocenters. The van der Waals surface area contributed by atoms with Gasteiger partial charge in [0.25, 0.3) is 0 Å². The fraction of sp³-hybridized carbons (Fsp3) is 0.867. The number of nitrogens with zero attached hydrogens (tertiary/aromatic N) is 1. The van der Waals surface area contributed by atoms with Crippen LogP contribution in [0.1, 0.15) is 44.9 Å². The second-order valence-corrected chi connectivity index (χ2v) is 6.45. The molecule has 5 heteroatoms. The first-order valence-electron chi connectivity index (χ1n) is 7.78. The van der Waals surface area contributed by atoms with Crippen LogP contribution in [0.4, 0.5) is 0 Å². The van der Waals surface area contributed by atoms with Gasteiger partial charge in [0.1, 0.15) is 5.41 Å². The average Bonchev–Trinajstić information content (AvgIpc) is 3.07. The molecular formula is C15H27N3O2. The van der Waals surface area contributed by atoms with E-state index >= 15 is 0 Å². The Morgan fingerprint density at radius 1 is 1.15 bits per heavy atom. The maximum Gasteiger partial charge on any atom is 0.235 e. The second kappa shape index (κ2) is 6.57. The fourth-order valence-corrected chi connectivity index (χ4v) is 2.84. The summed E-state index contributed by atoms with van der Waals surface area (Å²) < 4.78 is 0. The number of rotatable bonds is 7. The molecule has 0 aliphatic heterocycles. The van der Waals surface area contributed by atoms with Crippen LogP contribution >= 0.6 is 0 Å². The van der Waals surface area contributed by atoms with E-state index in [9.17, 15) is 9.59 Å². The molecule has 0 saturated heterocycles. The Bertz CT molecular complexity index is 358. The predicted molar refractivity (Wildman–Crippen MR) is 78.2 cm³/mol. The van der Waals surface area contributed by atoms with Gasteiger partial charge in [-0.2, -0.15) is 0 Å². The number of amides is 2. The van der Waals surface area contributed by atoms with Gasteiger partial charge < -0.3 is 15.5 Å². The maximum atomic E-state index is 12.3. The molecule has 2 aliphatic rings.